The molecule has 0 spiro atoms. The zero-order valence-corrected chi connectivity index (χ0v) is 12.7. The number of nitrogens with zero attached hydrogens (tertiary/aromatic N) is 1. The highest BCUT2D eigenvalue weighted by Gasteiger charge is 2.24. The van der Waals surface area contributed by atoms with Crippen molar-refractivity contribution >= 4 is 15.9 Å². The minimum atomic E-state index is -0.210. The summed E-state index contributed by atoms with van der Waals surface area (Å²) < 4.78 is 20.4. The molecule has 0 aromatic heterocycles. The number of ether oxygens (including phenoxy) is 1. The van der Waals surface area contributed by atoms with Crippen LogP contribution in [-0.2, 0) is 4.74 Å². The van der Waals surface area contributed by atoms with Gasteiger partial charge in [0.25, 0.3) is 0 Å². The molecule has 1 saturated heterocycles. The van der Waals surface area contributed by atoms with Crippen molar-refractivity contribution in [1.29, 1.82) is 0 Å². The largest absolute Gasteiger partial charge is 0.377 e. The van der Waals surface area contributed by atoms with Crippen LogP contribution >= 0.6 is 15.9 Å². The van der Waals surface area contributed by atoms with Crippen LogP contribution in [0.1, 0.15) is 24.4 Å². The molecule has 2 atom stereocenters. The molecule has 1 aromatic rings. The molecule has 2 N–H and O–H groups in total. The van der Waals surface area contributed by atoms with Crippen LogP contribution in [0.4, 0.5) is 4.39 Å². The van der Waals surface area contributed by atoms with Crippen LogP contribution in [-0.4, -0.2) is 37.7 Å². The van der Waals surface area contributed by atoms with Gasteiger partial charge in [-0.1, -0.05) is 15.9 Å². The Labute approximate surface area is 122 Å². The third-order valence-corrected chi connectivity index (χ3v) is 4.08. The van der Waals surface area contributed by atoms with Gasteiger partial charge in [0.05, 0.1) is 6.10 Å². The number of likely N-dealkylation sites (N-methyl/N-ethyl adjacent to an activating group) is 1. The Bertz CT molecular complexity index is 424. The number of benzene rings is 1. The Morgan fingerprint density at radius 3 is 3.00 bits per heavy atom. The minimum Gasteiger partial charge on any atom is -0.377 e. The minimum absolute atomic E-state index is 0.123. The number of halogens is 2. The van der Waals surface area contributed by atoms with E-state index in [-0.39, 0.29) is 18.0 Å². The summed E-state index contributed by atoms with van der Waals surface area (Å²) in [7, 11) is 1.97. The molecule has 0 aliphatic carbocycles. The lowest BCUT2D eigenvalue weighted by molar-refractivity contribution is 0.0684. The van der Waals surface area contributed by atoms with E-state index in [1.54, 1.807) is 12.1 Å². The van der Waals surface area contributed by atoms with Crippen molar-refractivity contribution in [2.24, 2.45) is 5.73 Å². The van der Waals surface area contributed by atoms with E-state index in [2.05, 4.69) is 20.8 Å². The monoisotopic (exact) mass is 330 g/mol. The highest BCUT2D eigenvalue weighted by atomic mass is 79.9. The van der Waals surface area contributed by atoms with Crippen LogP contribution in [0.2, 0.25) is 0 Å². The summed E-state index contributed by atoms with van der Waals surface area (Å²) in [5.41, 5.74) is 6.47. The van der Waals surface area contributed by atoms with Gasteiger partial charge < -0.3 is 10.5 Å². The summed E-state index contributed by atoms with van der Waals surface area (Å²) in [5.74, 6) is -0.210. The fraction of sp³-hybridized carbons (Fsp3) is 0.571. The quantitative estimate of drug-likeness (QED) is 0.902. The van der Waals surface area contributed by atoms with Crippen LogP contribution in [0.25, 0.3) is 0 Å². The number of rotatable bonds is 5. The van der Waals surface area contributed by atoms with Crippen LogP contribution in [0.15, 0.2) is 22.7 Å². The van der Waals surface area contributed by atoms with Gasteiger partial charge in [-0.05, 0) is 38.1 Å². The molecular formula is C14H20BrFN2O. The molecule has 1 fully saturated rings. The smallest absolute Gasteiger partial charge is 0.128 e. The molecule has 0 radical (unpaired) electrons. The van der Waals surface area contributed by atoms with Crippen molar-refractivity contribution < 1.29 is 9.13 Å². The summed E-state index contributed by atoms with van der Waals surface area (Å²) in [6, 6.07) is 4.86. The molecule has 106 valence electrons. The van der Waals surface area contributed by atoms with E-state index in [4.69, 9.17) is 10.5 Å². The maximum absolute atomic E-state index is 13.9. The zero-order valence-electron chi connectivity index (χ0n) is 11.1. The predicted octanol–water partition coefficient (Wildman–Crippen LogP) is 2.70. The number of hydrogen-bond acceptors (Lipinski definition) is 3. The second-order valence-electron chi connectivity index (χ2n) is 4.99. The molecule has 0 amide bonds. The average Bonchev–Trinajstić information content (AvgIpc) is 2.87. The Balaban J connectivity index is 2.11. The molecule has 2 unspecified atom stereocenters. The summed E-state index contributed by atoms with van der Waals surface area (Å²) in [4.78, 5) is 2.08. The van der Waals surface area contributed by atoms with Crippen molar-refractivity contribution in [1.82, 2.24) is 4.90 Å². The first-order chi connectivity index (χ1) is 9.11. The Hall–Kier alpha value is -0.490. The molecule has 1 heterocycles. The average molecular weight is 331 g/mol. The molecule has 0 saturated carbocycles. The van der Waals surface area contributed by atoms with E-state index >= 15 is 0 Å². The molecule has 19 heavy (non-hydrogen) atoms. The molecule has 2 rings (SSSR count). The topological polar surface area (TPSA) is 38.5 Å². The van der Waals surface area contributed by atoms with Gasteiger partial charge in [0, 0.05) is 35.8 Å². The van der Waals surface area contributed by atoms with Gasteiger partial charge in [-0.3, -0.25) is 4.90 Å². The second-order valence-corrected chi connectivity index (χ2v) is 5.91. The van der Waals surface area contributed by atoms with Gasteiger partial charge in [-0.15, -0.1) is 0 Å². The van der Waals surface area contributed by atoms with Gasteiger partial charge in [0.1, 0.15) is 5.82 Å². The number of hydrogen-bond donors (Lipinski definition) is 1. The van der Waals surface area contributed by atoms with Crippen LogP contribution in [0.3, 0.4) is 0 Å². The fourth-order valence-electron chi connectivity index (χ4n) is 2.55. The zero-order chi connectivity index (χ0) is 13.8. The van der Waals surface area contributed by atoms with E-state index in [9.17, 15) is 4.39 Å². The van der Waals surface area contributed by atoms with E-state index in [1.165, 1.54) is 6.07 Å². The standard InChI is InChI=1S/C14H20BrFN2O/c1-18(9-11-3-2-6-19-11)14(8-17)12-7-10(15)4-5-13(12)16/h4-5,7,11,14H,2-3,6,8-9,17H2,1H3. The van der Waals surface area contributed by atoms with Gasteiger partial charge in [-0.25, -0.2) is 4.39 Å². The third kappa shape index (κ3) is 3.75. The SMILES string of the molecule is CN(CC1CCCO1)C(CN)c1cc(Br)ccc1F. The van der Waals surface area contributed by atoms with Gasteiger partial charge >= 0.3 is 0 Å². The predicted molar refractivity (Wildman–Crippen MR) is 77.5 cm³/mol. The lowest BCUT2D eigenvalue weighted by Gasteiger charge is -2.29. The van der Waals surface area contributed by atoms with E-state index in [1.807, 2.05) is 7.05 Å². The molecule has 0 bridgehead atoms. The van der Waals surface area contributed by atoms with Crippen molar-refractivity contribution in [3.8, 4) is 0 Å². The molecule has 3 nitrogen and oxygen atoms in total. The molecule has 1 aromatic carbocycles. The third-order valence-electron chi connectivity index (χ3n) is 3.59. The summed E-state index contributed by atoms with van der Waals surface area (Å²) >= 11 is 3.38. The van der Waals surface area contributed by atoms with Crippen LogP contribution in [0.5, 0.6) is 0 Å². The molecule has 5 heteroatoms. The van der Waals surface area contributed by atoms with Crippen molar-refractivity contribution in [3.63, 3.8) is 0 Å². The first-order valence-corrected chi connectivity index (χ1v) is 7.38. The maximum atomic E-state index is 13.9. The van der Waals surface area contributed by atoms with E-state index in [0.29, 0.717) is 12.1 Å². The van der Waals surface area contributed by atoms with E-state index < -0.39 is 0 Å². The normalized spacial score (nSPS) is 21.0. The van der Waals surface area contributed by atoms with Crippen molar-refractivity contribution in [3.05, 3.63) is 34.1 Å². The number of nitrogens with two attached hydrogens (primary N) is 1. The summed E-state index contributed by atoms with van der Waals surface area (Å²) in [6.07, 6.45) is 2.42. The first kappa shape index (κ1) is 14.9. The van der Waals surface area contributed by atoms with Gasteiger partial charge in [0.15, 0.2) is 0 Å². The van der Waals surface area contributed by atoms with Crippen LogP contribution < -0.4 is 5.73 Å². The summed E-state index contributed by atoms with van der Waals surface area (Å²) in [5, 5.41) is 0. The Morgan fingerprint density at radius 1 is 1.58 bits per heavy atom. The fourth-order valence-corrected chi connectivity index (χ4v) is 2.93. The molecule has 1 aliphatic heterocycles. The molecular weight excluding hydrogens is 311 g/mol. The van der Waals surface area contributed by atoms with Crippen molar-refractivity contribution in [2.75, 3.05) is 26.7 Å². The Morgan fingerprint density at radius 2 is 2.37 bits per heavy atom. The highest BCUT2D eigenvalue weighted by molar-refractivity contribution is 9.10. The maximum Gasteiger partial charge on any atom is 0.128 e. The first-order valence-electron chi connectivity index (χ1n) is 6.58. The summed E-state index contributed by atoms with van der Waals surface area (Å²) in [6.45, 7) is 2.00. The Kier molecular flexibility index (Phi) is 5.33. The van der Waals surface area contributed by atoms with Gasteiger partial charge in [-0.2, -0.15) is 0 Å². The van der Waals surface area contributed by atoms with Crippen LogP contribution in [0, 0.1) is 5.82 Å². The lowest BCUT2D eigenvalue weighted by atomic mass is 10.0. The highest BCUT2D eigenvalue weighted by Crippen LogP contribution is 2.26. The van der Waals surface area contributed by atoms with Gasteiger partial charge in [0.2, 0.25) is 0 Å². The molecule has 1 aliphatic rings. The lowest BCUT2D eigenvalue weighted by Crippen LogP contribution is -2.36. The van der Waals surface area contributed by atoms with E-state index in [0.717, 1.165) is 30.5 Å². The second kappa shape index (κ2) is 6.79. The van der Waals surface area contributed by atoms with Crippen molar-refractivity contribution in [2.45, 2.75) is 25.0 Å².